The summed E-state index contributed by atoms with van der Waals surface area (Å²) in [7, 11) is -3.38. The lowest BCUT2D eigenvalue weighted by Gasteiger charge is -2.10. The fraction of sp³-hybridized carbons (Fsp3) is 0.158. The van der Waals surface area contributed by atoms with Crippen LogP contribution < -0.4 is 5.32 Å². The Bertz CT molecular complexity index is 1070. The van der Waals surface area contributed by atoms with E-state index < -0.39 is 15.7 Å². The molecule has 0 saturated carbocycles. The topological polar surface area (TPSA) is 81.1 Å². The standard InChI is InChI=1S/C19H19N3O3S/c1-13-7-9-16(10-8-13)22-18(11-14(2)21-22)20-19(23)15-5-4-6-17(12-15)26(3,24)25/h4-12H,1-3H3,(H,20,23). The smallest absolute Gasteiger partial charge is 0.256 e. The van der Waals surface area contributed by atoms with Crippen LogP contribution in [0.15, 0.2) is 59.5 Å². The van der Waals surface area contributed by atoms with Gasteiger partial charge in [-0.1, -0.05) is 23.8 Å². The van der Waals surface area contributed by atoms with Gasteiger partial charge < -0.3 is 5.32 Å². The first-order valence-corrected chi connectivity index (χ1v) is 9.88. The maximum absolute atomic E-state index is 12.6. The summed E-state index contributed by atoms with van der Waals surface area (Å²) in [6.07, 6.45) is 1.11. The molecule has 2 aromatic carbocycles. The molecular formula is C19H19N3O3S. The Labute approximate surface area is 152 Å². The highest BCUT2D eigenvalue weighted by Crippen LogP contribution is 2.19. The third-order valence-electron chi connectivity index (χ3n) is 3.88. The number of anilines is 1. The minimum atomic E-state index is -3.38. The SMILES string of the molecule is Cc1ccc(-n2nc(C)cc2NC(=O)c2cccc(S(C)(=O)=O)c2)cc1. The molecule has 0 saturated heterocycles. The molecule has 0 fully saturated rings. The number of benzene rings is 2. The van der Waals surface area contributed by atoms with Crippen LogP contribution in [0, 0.1) is 13.8 Å². The van der Waals surface area contributed by atoms with Gasteiger partial charge in [-0.25, -0.2) is 13.1 Å². The Morgan fingerprint density at radius 1 is 1.04 bits per heavy atom. The molecule has 3 rings (SSSR count). The van der Waals surface area contributed by atoms with Crippen LogP contribution in [0.4, 0.5) is 5.82 Å². The lowest BCUT2D eigenvalue weighted by Crippen LogP contribution is -2.15. The Morgan fingerprint density at radius 3 is 2.38 bits per heavy atom. The molecular weight excluding hydrogens is 350 g/mol. The third-order valence-corrected chi connectivity index (χ3v) is 4.99. The van der Waals surface area contributed by atoms with Gasteiger partial charge in [0, 0.05) is 17.9 Å². The van der Waals surface area contributed by atoms with Crippen molar-refractivity contribution in [1.82, 2.24) is 9.78 Å². The van der Waals surface area contributed by atoms with Gasteiger partial charge in [-0.15, -0.1) is 0 Å². The van der Waals surface area contributed by atoms with Crippen LogP contribution in [0.25, 0.3) is 5.69 Å². The highest BCUT2D eigenvalue weighted by atomic mass is 32.2. The molecule has 0 aliphatic carbocycles. The van der Waals surface area contributed by atoms with Crippen molar-refractivity contribution in [3.05, 3.63) is 71.4 Å². The van der Waals surface area contributed by atoms with Gasteiger partial charge >= 0.3 is 0 Å². The van der Waals surface area contributed by atoms with Gasteiger partial charge in [0.25, 0.3) is 5.91 Å². The number of hydrogen-bond donors (Lipinski definition) is 1. The second-order valence-electron chi connectivity index (χ2n) is 6.17. The number of nitrogens with zero attached hydrogens (tertiary/aromatic N) is 2. The number of carbonyl (C=O) groups excluding carboxylic acids is 1. The first-order valence-electron chi connectivity index (χ1n) is 7.99. The summed E-state index contributed by atoms with van der Waals surface area (Å²) < 4.78 is 25.0. The van der Waals surface area contributed by atoms with Gasteiger partial charge in [0.15, 0.2) is 9.84 Å². The van der Waals surface area contributed by atoms with Gasteiger partial charge in [0.05, 0.1) is 16.3 Å². The summed E-state index contributed by atoms with van der Waals surface area (Å²) in [6.45, 7) is 3.83. The molecule has 134 valence electrons. The quantitative estimate of drug-likeness (QED) is 0.766. The summed E-state index contributed by atoms with van der Waals surface area (Å²) in [4.78, 5) is 12.7. The molecule has 0 atom stereocenters. The van der Waals surface area contributed by atoms with Crippen LogP contribution in [-0.4, -0.2) is 30.4 Å². The van der Waals surface area contributed by atoms with Crippen molar-refractivity contribution >= 4 is 21.6 Å². The number of hydrogen-bond acceptors (Lipinski definition) is 4. The summed E-state index contributed by atoms with van der Waals surface area (Å²) >= 11 is 0. The van der Waals surface area contributed by atoms with Gasteiger partial charge in [-0.2, -0.15) is 5.10 Å². The molecule has 0 aliphatic rings. The van der Waals surface area contributed by atoms with Crippen molar-refractivity contribution in [2.24, 2.45) is 0 Å². The minimum Gasteiger partial charge on any atom is -0.306 e. The third kappa shape index (κ3) is 3.83. The number of sulfone groups is 1. The van der Waals surface area contributed by atoms with Gasteiger partial charge in [-0.3, -0.25) is 4.79 Å². The predicted octanol–water partition coefficient (Wildman–Crippen LogP) is 3.14. The molecule has 1 N–H and O–H groups in total. The number of aromatic nitrogens is 2. The number of carbonyl (C=O) groups is 1. The zero-order valence-corrected chi connectivity index (χ0v) is 15.5. The van der Waals surface area contributed by atoms with Crippen molar-refractivity contribution < 1.29 is 13.2 Å². The van der Waals surface area contributed by atoms with Gasteiger partial charge in [0.1, 0.15) is 5.82 Å². The fourth-order valence-electron chi connectivity index (χ4n) is 2.53. The molecule has 0 aliphatic heterocycles. The van der Waals surface area contributed by atoms with Crippen molar-refractivity contribution in [2.75, 3.05) is 11.6 Å². The minimum absolute atomic E-state index is 0.105. The molecule has 3 aromatic rings. The average Bonchev–Trinajstić information content (AvgIpc) is 2.95. The molecule has 0 unspecified atom stereocenters. The van der Waals surface area contributed by atoms with Gasteiger partial charge in [0.2, 0.25) is 0 Å². The first-order chi connectivity index (χ1) is 12.2. The summed E-state index contributed by atoms with van der Waals surface area (Å²) in [5.74, 6) is 0.116. The van der Waals surface area contributed by atoms with E-state index >= 15 is 0 Å². The second kappa shape index (κ2) is 6.76. The Balaban J connectivity index is 1.92. The lowest BCUT2D eigenvalue weighted by atomic mass is 10.2. The monoisotopic (exact) mass is 369 g/mol. The van der Waals surface area contributed by atoms with E-state index in [1.165, 1.54) is 12.1 Å². The van der Waals surface area contributed by atoms with E-state index in [1.807, 2.05) is 38.1 Å². The Morgan fingerprint density at radius 2 is 1.73 bits per heavy atom. The lowest BCUT2D eigenvalue weighted by molar-refractivity contribution is 0.102. The zero-order valence-electron chi connectivity index (χ0n) is 14.7. The van der Waals surface area contributed by atoms with Crippen molar-refractivity contribution in [3.63, 3.8) is 0 Å². The molecule has 1 heterocycles. The number of aryl methyl sites for hydroxylation is 2. The maximum atomic E-state index is 12.6. The number of amides is 1. The molecule has 6 nitrogen and oxygen atoms in total. The number of nitrogens with one attached hydrogen (secondary N) is 1. The van der Waals surface area contributed by atoms with E-state index in [0.29, 0.717) is 5.82 Å². The van der Waals surface area contributed by atoms with Crippen molar-refractivity contribution in [1.29, 1.82) is 0 Å². The van der Waals surface area contributed by atoms with Crippen LogP contribution in [0.3, 0.4) is 0 Å². The second-order valence-corrected chi connectivity index (χ2v) is 8.19. The predicted molar refractivity (Wildman–Crippen MR) is 101 cm³/mol. The highest BCUT2D eigenvalue weighted by Gasteiger charge is 2.15. The van der Waals surface area contributed by atoms with E-state index in [4.69, 9.17) is 0 Å². The van der Waals surface area contributed by atoms with Crippen molar-refractivity contribution in [2.45, 2.75) is 18.7 Å². The van der Waals surface area contributed by atoms with Crippen LogP contribution in [0.2, 0.25) is 0 Å². The maximum Gasteiger partial charge on any atom is 0.256 e. The molecule has 0 bridgehead atoms. The van der Waals surface area contributed by atoms with E-state index in [2.05, 4.69) is 10.4 Å². The van der Waals surface area contributed by atoms with E-state index in [-0.39, 0.29) is 10.5 Å². The number of rotatable bonds is 4. The molecule has 7 heteroatoms. The molecule has 1 amide bonds. The van der Waals surface area contributed by atoms with E-state index in [0.717, 1.165) is 23.2 Å². The summed E-state index contributed by atoms with van der Waals surface area (Å²) in [6, 6.07) is 15.5. The van der Waals surface area contributed by atoms with Crippen LogP contribution in [0.5, 0.6) is 0 Å². The summed E-state index contributed by atoms with van der Waals surface area (Å²) in [5.41, 5.74) is 2.97. The average molecular weight is 369 g/mol. The first kappa shape index (κ1) is 17.9. The molecule has 1 aromatic heterocycles. The normalized spacial score (nSPS) is 11.3. The van der Waals surface area contributed by atoms with Crippen molar-refractivity contribution in [3.8, 4) is 5.69 Å². The molecule has 0 radical (unpaired) electrons. The van der Waals surface area contributed by atoms with Crippen LogP contribution >= 0.6 is 0 Å². The largest absolute Gasteiger partial charge is 0.306 e. The van der Waals surface area contributed by atoms with E-state index in [1.54, 1.807) is 22.9 Å². The zero-order chi connectivity index (χ0) is 18.9. The van der Waals surface area contributed by atoms with Crippen LogP contribution in [-0.2, 0) is 9.84 Å². The Hall–Kier alpha value is -2.93. The molecule has 0 spiro atoms. The summed E-state index contributed by atoms with van der Waals surface area (Å²) in [5, 5.41) is 7.23. The Kier molecular flexibility index (Phi) is 4.65. The van der Waals surface area contributed by atoms with Gasteiger partial charge in [-0.05, 0) is 44.2 Å². The van der Waals surface area contributed by atoms with E-state index in [9.17, 15) is 13.2 Å². The highest BCUT2D eigenvalue weighted by molar-refractivity contribution is 7.90. The fourth-order valence-corrected chi connectivity index (χ4v) is 3.19. The molecule has 26 heavy (non-hydrogen) atoms. The van der Waals surface area contributed by atoms with Crippen LogP contribution in [0.1, 0.15) is 21.6 Å².